The fraction of sp³-hybridized carbons (Fsp3) is 0.444. The summed E-state index contributed by atoms with van der Waals surface area (Å²) in [6.07, 6.45) is 6.91. The molecule has 0 aromatic heterocycles. The number of carboxylic acids is 1. The Kier molecular flexibility index (Phi) is 4.21. The van der Waals surface area contributed by atoms with E-state index in [-0.39, 0.29) is 6.10 Å². The minimum absolute atomic E-state index is 0.0483. The molecule has 1 aliphatic heterocycles. The third-order valence-corrected chi connectivity index (χ3v) is 1.59. The number of rotatable bonds is 3. The molecule has 0 bridgehead atoms. The van der Waals surface area contributed by atoms with Crippen molar-refractivity contribution in [3.05, 3.63) is 24.3 Å². The Balaban J connectivity index is 2.25. The maximum atomic E-state index is 10.1. The van der Waals surface area contributed by atoms with Crippen LogP contribution in [0.3, 0.4) is 0 Å². The van der Waals surface area contributed by atoms with Crippen LogP contribution in [0.4, 0.5) is 0 Å². The van der Waals surface area contributed by atoms with E-state index in [0.717, 1.165) is 12.5 Å². The first-order valence-electron chi connectivity index (χ1n) is 4.06. The summed E-state index contributed by atoms with van der Waals surface area (Å²) in [7, 11) is 0. The molecule has 0 radical (unpaired) electrons. The molecule has 0 saturated carbocycles. The molecule has 1 atom stereocenters. The van der Waals surface area contributed by atoms with Crippen LogP contribution < -0.4 is 0 Å². The number of carbonyl (C=O) groups is 1. The van der Waals surface area contributed by atoms with Crippen LogP contribution in [0.15, 0.2) is 24.3 Å². The number of hydrogen-bond donors (Lipinski definition) is 1. The van der Waals surface area contributed by atoms with Gasteiger partial charge in [0.25, 0.3) is 0 Å². The molecule has 72 valence electrons. The van der Waals surface area contributed by atoms with Crippen molar-refractivity contribution in [1.82, 2.24) is 0 Å². The first kappa shape index (κ1) is 9.95. The lowest BCUT2D eigenvalue weighted by atomic mass is 10.2. The average Bonchev–Trinajstić information content (AvgIpc) is 2.14. The zero-order chi connectivity index (χ0) is 9.52. The molecule has 1 fully saturated rings. The monoisotopic (exact) mass is 184 g/mol. The van der Waals surface area contributed by atoms with Crippen molar-refractivity contribution in [2.24, 2.45) is 0 Å². The predicted octanol–water partition coefficient (Wildman–Crippen LogP) is 0.946. The van der Waals surface area contributed by atoms with Crippen molar-refractivity contribution in [3.63, 3.8) is 0 Å². The summed E-state index contributed by atoms with van der Waals surface area (Å²) >= 11 is 0. The van der Waals surface area contributed by atoms with Crippen molar-refractivity contribution < 1.29 is 19.4 Å². The first-order chi connectivity index (χ1) is 6.29. The molecule has 1 rings (SSSR count). The quantitative estimate of drug-likeness (QED) is 0.524. The second kappa shape index (κ2) is 5.50. The molecule has 0 amide bonds. The van der Waals surface area contributed by atoms with Gasteiger partial charge < -0.3 is 14.6 Å². The van der Waals surface area contributed by atoms with E-state index in [1.54, 1.807) is 6.08 Å². The highest BCUT2D eigenvalue weighted by molar-refractivity contribution is 5.80. The van der Waals surface area contributed by atoms with E-state index >= 15 is 0 Å². The van der Waals surface area contributed by atoms with Crippen molar-refractivity contribution in [3.8, 4) is 0 Å². The summed E-state index contributed by atoms with van der Waals surface area (Å²) in [5.41, 5.74) is 0. The van der Waals surface area contributed by atoms with Gasteiger partial charge in [-0.25, -0.2) is 4.79 Å². The smallest absolute Gasteiger partial charge is 0.328 e. The molecule has 0 spiro atoms. The predicted molar refractivity (Wildman–Crippen MR) is 46.2 cm³/mol. The maximum Gasteiger partial charge on any atom is 0.328 e. The maximum absolute atomic E-state index is 10.1. The fourth-order valence-electron chi connectivity index (χ4n) is 0.955. The number of aliphatic carboxylic acids is 1. The second-order valence-electron chi connectivity index (χ2n) is 2.60. The number of carboxylic acid groups (broad SMARTS) is 1. The molecule has 1 N–H and O–H groups in total. The van der Waals surface area contributed by atoms with E-state index in [9.17, 15) is 4.79 Å². The summed E-state index contributed by atoms with van der Waals surface area (Å²) in [6.45, 7) is 1.01. The highest BCUT2D eigenvalue weighted by Crippen LogP contribution is 2.06. The largest absolute Gasteiger partial charge is 0.478 e. The normalized spacial score (nSPS) is 24.2. The third kappa shape index (κ3) is 4.45. The van der Waals surface area contributed by atoms with Crippen LogP contribution in [-0.4, -0.2) is 30.6 Å². The zero-order valence-corrected chi connectivity index (χ0v) is 7.18. The molecule has 1 saturated heterocycles. The van der Waals surface area contributed by atoms with Gasteiger partial charge in [0.1, 0.15) is 6.79 Å². The standard InChI is InChI=1S/C9H12O4/c10-9(11)4-2-1-3-8-5-6-12-7-13-8/h1-4,8H,5-7H2,(H,10,11). The minimum Gasteiger partial charge on any atom is -0.478 e. The van der Waals surface area contributed by atoms with Crippen LogP contribution in [0.2, 0.25) is 0 Å². The molecule has 0 aliphatic carbocycles. The van der Waals surface area contributed by atoms with E-state index in [1.165, 1.54) is 6.08 Å². The Labute approximate surface area is 76.5 Å². The number of hydrogen-bond acceptors (Lipinski definition) is 3. The molecular formula is C9H12O4. The number of allylic oxidation sites excluding steroid dienone is 2. The molecule has 0 aromatic rings. The van der Waals surface area contributed by atoms with Crippen LogP contribution in [-0.2, 0) is 14.3 Å². The van der Waals surface area contributed by atoms with E-state index in [2.05, 4.69) is 0 Å². The molecular weight excluding hydrogens is 172 g/mol. The molecule has 0 aromatic carbocycles. The van der Waals surface area contributed by atoms with Crippen LogP contribution in [0, 0.1) is 0 Å². The minimum atomic E-state index is -0.947. The average molecular weight is 184 g/mol. The highest BCUT2D eigenvalue weighted by Gasteiger charge is 2.09. The summed E-state index contributed by atoms with van der Waals surface area (Å²) in [6, 6.07) is 0. The van der Waals surface area contributed by atoms with Crippen LogP contribution >= 0.6 is 0 Å². The topological polar surface area (TPSA) is 55.8 Å². The van der Waals surface area contributed by atoms with Gasteiger partial charge in [-0.1, -0.05) is 18.2 Å². The van der Waals surface area contributed by atoms with Crippen LogP contribution in [0.5, 0.6) is 0 Å². The summed E-state index contributed by atoms with van der Waals surface area (Å²) in [5.74, 6) is -0.947. The lowest BCUT2D eigenvalue weighted by Crippen LogP contribution is -2.21. The Morgan fingerprint density at radius 3 is 2.92 bits per heavy atom. The molecule has 13 heavy (non-hydrogen) atoms. The summed E-state index contributed by atoms with van der Waals surface area (Å²) in [5, 5.41) is 8.28. The summed E-state index contributed by atoms with van der Waals surface area (Å²) < 4.78 is 10.2. The lowest BCUT2D eigenvalue weighted by Gasteiger charge is -2.19. The van der Waals surface area contributed by atoms with E-state index in [4.69, 9.17) is 14.6 Å². The number of ether oxygens (including phenoxy) is 2. The van der Waals surface area contributed by atoms with E-state index in [1.807, 2.05) is 6.08 Å². The first-order valence-corrected chi connectivity index (χ1v) is 4.06. The van der Waals surface area contributed by atoms with Gasteiger partial charge in [-0.05, 0) is 0 Å². The zero-order valence-electron chi connectivity index (χ0n) is 7.18. The second-order valence-corrected chi connectivity index (χ2v) is 2.60. The van der Waals surface area contributed by atoms with Gasteiger partial charge in [0.2, 0.25) is 0 Å². The molecule has 4 heteroatoms. The molecule has 1 unspecified atom stereocenters. The Morgan fingerprint density at radius 1 is 1.46 bits per heavy atom. The fourth-order valence-corrected chi connectivity index (χ4v) is 0.955. The van der Waals surface area contributed by atoms with Crippen molar-refractivity contribution in [2.75, 3.05) is 13.4 Å². The van der Waals surface area contributed by atoms with Gasteiger partial charge in [-0.15, -0.1) is 0 Å². The van der Waals surface area contributed by atoms with Crippen LogP contribution in [0.1, 0.15) is 6.42 Å². The van der Waals surface area contributed by atoms with E-state index < -0.39 is 5.97 Å². The van der Waals surface area contributed by atoms with Crippen molar-refractivity contribution >= 4 is 5.97 Å². The highest BCUT2D eigenvalue weighted by atomic mass is 16.7. The van der Waals surface area contributed by atoms with E-state index in [0.29, 0.717) is 13.4 Å². The van der Waals surface area contributed by atoms with Gasteiger partial charge in [0, 0.05) is 12.5 Å². The Bertz CT molecular complexity index is 214. The van der Waals surface area contributed by atoms with Gasteiger partial charge in [0.05, 0.1) is 12.7 Å². The summed E-state index contributed by atoms with van der Waals surface area (Å²) in [4.78, 5) is 10.1. The van der Waals surface area contributed by atoms with Gasteiger partial charge in [-0.3, -0.25) is 0 Å². The molecule has 1 aliphatic rings. The lowest BCUT2D eigenvalue weighted by molar-refractivity contribution is -0.131. The van der Waals surface area contributed by atoms with Crippen molar-refractivity contribution in [2.45, 2.75) is 12.5 Å². The Hall–Kier alpha value is -1.13. The SMILES string of the molecule is O=C(O)C=CC=CC1CCOCO1. The third-order valence-electron chi connectivity index (χ3n) is 1.59. The molecule has 4 nitrogen and oxygen atoms in total. The van der Waals surface area contributed by atoms with Crippen molar-refractivity contribution in [1.29, 1.82) is 0 Å². The van der Waals surface area contributed by atoms with Crippen LogP contribution in [0.25, 0.3) is 0 Å². The van der Waals surface area contributed by atoms with Gasteiger partial charge >= 0.3 is 5.97 Å². The molecule has 1 heterocycles. The van der Waals surface area contributed by atoms with Gasteiger partial charge in [0.15, 0.2) is 0 Å². The van der Waals surface area contributed by atoms with Gasteiger partial charge in [-0.2, -0.15) is 0 Å². The Morgan fingerprint density at radius 2 is 2.31 bits per heavy atom.